The van der Waals surface area contributed by atoms with E-state index in [1.165, 1.54) is 24.7 Å². The second-order valence-electron chi connectivity index (χ2n) is 13.3. The molecule has 3 saturated carbocycles. The number of hydrogen-bond acceptors (Lipinski definition) is 5. The first kappa shape index (κ1) is 28.0. The van der Waals surface area contributed by atoms with Crippen molar-refractivity contribution < 1.29 is 14.0 Å². The van der Waals surface area contributed by atoms with Gasteiger partial charge in [-0.3, -0.25) is 14.4 Å². The minimum Gasteiger partial charge on any atom is -0.332 e. The van der Waals surface area contributed by atoms with E-state index in [9.17, 15) is 18.8 Å². The number of nitrogens with zero attached hydrogens (tertiary/aromatic N) is 3. The fraction of sp³-hybridized carbons (Fsp3) is 0.471. The van der Waals surface area contributed by atoms with Crippen LogP contribution in [0.3, 0.4) is 0 Å². The number of benzene rings is 1. The molecule has 0 atom stereocenters. The van der Waals surface area contributed by atoms with E-state index < -0.39 is 11.6 Å². The molecule has 4 aliphatic rings. The summed E-state index contributed by atoms with van der Waals surface area (Å²) in [7, 11) is 0. The van der Waals surface area contributed by atoms with E-state index in [0.717, 1.165) is 60.5 Å². The number of rotatable bonds is 10. The zero-order valence-corrected chi connectivity index (χ0v) is 24.8. The van der Waals surface area contributed by atoms with Crippen LogP contribution >= 0.6 is 0 Å². The minimum atomic E-state index is -1.37. The summed E-state index contributed by atoms with van der Waals surface area (Å²) in [5.41, 5.74) is 3.11. The Morgan fingerprint density at radius 3 is 2.47 bits per heavy atom. The number of carbonyl (C=O) groups excluding carboxylic acids is 2. The van der Waals surface area contributed by atoms with Crippen LogP contribution in [0.1, 0.15) is 94.9 Å². The Balaban J connectivity index is 1.20. The number of anilines is 1. The van der Waals surface area contributed by atoms with Gasteiger partial charge in [0.15, 0.2) is 0 Å². The van der Waals surface area contributed by atoms with Gasteiger partial charge < -0.3 is 20.1 Å². The van der Waals surface area contributed by atoms with Crippen molar-refractivity contribution in [2.24, 2.45) is 5.92 Å². The van der Waals surface area contributed by atoms with Crippen LogP contribution in [0.5, 0.6) is 0 Å². The minimum absolute atomic E-state index is 0.0672. The number of hydrogen-bond donors (Lipinski definition) is 2. The molecule has 3 aliphatic carbocycles. The highest BCUT2D eigenvalue weighted by atomic mass is 19.1. The lowest BCUT2D eigenvalue weighted by molar-refractivity contribution is -0.00781. The highest BCUT2D eigenvalue weighted by Crippen LogP contribution is 2.42. The molecule has 224 valence electrons. The van der Waals surface area contributed by atoms with Crippen LogP contribution < -0.4 is 16.2 Å². The maximum Gasteiger partial charge on any atom is 0.263 e. The first-order chi connectivity index (χ1) is 20.6. The zero-order chi connectivity index (χ0) is 29.9. The van der Waals surface area contributed by atoms with E-state index in [-0.39, 0.29) is 42.1 Å². The number of alkyl halides is 1. The first-order valence-corrected chi connectivity index (χ1v) is 15.5. The average Bonchev–Trinajstić information content (AvgIpc) is 3.80. The Morgan fingerprint density at radius 1 is 1.02 bits per heavy atom. The molecule has 2 aromatic heterocycles. The molecule has 43 heavy (non-hydrogen) atoms. The molecule has 8 nitrogen and oxygen atoms in total. The van der Waals surface area contributed by atoms with Gasteiger partial charge in [0, 0.05) is 36.0 Å². The van der Waals surface area contributed by atoms with Crippen molar-refractivity contribution in [1.82, 2.24) is 19.8 Å². The van der Waals surface area contributed by atoms with Crippen molar-refractivity contribution in [3.05, 3.63) is 80.9 Å². The Hall–Kier alpha value is -3.85. The summed E-state index contributed by atoms with van der Waals surface area (Å²) in [6.45, 7) is 5.11. The number of aryl methyl sites for hydroxylation is 1. The smallest absolute Gasteiger partial charge is 0.263 e. The van der Waals surface area contributed by atoms with Crippen LogP contribution in [0.2, 0.25) is 0 Å². The Morgan fingerprint density at radius 2 is 1.79 bits per heavy atom. The van der Waals surface area contributed by atoms with Gasteiger partial charge in [0.2, 0.25) is 0 Å². The molecule has 9 heteroatoms. The Bertz CT molecular complexity index is 1660. The normalized spacial score (nSPS) is 19.2. The number of nitrogens with one attached hydrogen (secondary N) is 2. The molecule has 3 aromatic rings. The molecular weight excluding hydrogens is 545 g/mol. The van der Waals surface area contributed by atoms with E-state index >= 15 is 0 Å². The van der Waals surface area contributed by atoms with Crippen molar-refractivity contribution in [2.45, 2.75) is 76.5 Å². The van der Waals surface area contributed by atoms with Gasteiger partial charge in [0.1, 0.15) is 17.1 Å². The lowest BCUT2D eigenvalue weighted by Gasteiger charge is -2.42. The number of pyridine rings is 2. The molecular formula is C34H38FN5O3. The van der Waals surface area contributed by atoms with Crippen LogP contribution in [-0.4, -0.2) is 51.6 Å². The lowest BCUT2D eigenvalue weighted by Crippen LogP contribution is -2.59. The maximum atomic E-state index is 14.2. The van der Waals surface area contributed by atoms with Gasteiger partial charge in [-0.2, -0.15) is 0 Å². The largest absolute Gasteiger partial charge is 0.332 e. The predicted molar refractivity (Wildman–Crippen MR) is 163 cm³/mol. The number of aromatic nitrogens is 2. The van der Waals surface area contributed by atoms with E-state index in [1.54, 1.807) is 16.7 Å². The van der Waals surface area contributed by atoms with Gasteiger partial charge in [-0.25, -0.2) is 9.37 Å². The second-order valence-corrected chi connectivity index (χ2v) is 13.3. The van der Waals surface area contributed by atoms with Gasteiger partial charge >= 0.3 is 0 Å². The van der Waals surface area contributed by atoms with Gasteiger partial charge in [0.05, 0.1) is 13.1 Å². The summed E-state index contributed by atoms with van der Waals surface area (Å²) < 4.78 is 16.0. The van der Waals surface area contributed by atoms with Crippen molar-refractivity contribution in [3.63, 3.8) is 0 Å². The third-order valence-corrected chi connectivity index (χ3v) is 8.87. The van der Waals surface area contributed by atoms with Crippen LogP contribution in [-0.2, 0) is 6.54 Å². The van der Waals surface area contributed by atoms with Gasteiger partial charge in [-0.1, -0.05) is 17.7 Å². The number of likely N-dealkylation sites (tertiary alicyclic amines) is 1. The Kier molecular flexibility index (Phi) is 6.95. The number of halogens is 1. The molecule has 0 spiro atoms. The third-order valence-electron chi connectivity index (χ3n) is 8.87. The van der Waals surface area contributed by atoms with Gasteiger partial charge in [0.25, 0.3) is 17.4 Å². The third kappa shape index (κ3) is 6.13. The molecule has 1 aliphatic heterocycles. The van der Waals surface area contributed by atoms with Crippen molar-refractivity contribution >= 4 is 17.6 Å². The van der Waals surface area contributed by atoms with E-state index in [0.29, 0.717) is 23.5 Å². The second kappa shape index (κ2) is 10.7. The quantitative estimate of drug-likeness (QED) is 0.335. The summed E-state index contributed by atoms with van der Waals surface area (Å²) in [5.74, 6) is 0.666. The van der Waals surface area contributed by atoms with Crippen LogP contribution in [0, 0.1) is 12.8 Å². The molecule has 0 bridgehead atoms. The molecule has 4 fully saturated rings. The number of amides is 2. The molecule has 2 N–H and O–H groups in total. The fourth-order valence-electron chi connectivity index (χ4n) is 5.98. The van der Waals surface area contributed by atoms with Gasteiger partial charge in [-0.15, -0.1) is 0 Å². The van der Waals surface area contributed by atoms with E-state index in [4.69, 9.17) is 4.98 Å². The average molecular weight is 584 g/mol. The highest BCUT2D eigenvalue weighted by molar-refractivity contribution is 6.05. The Labute approximate surface area is 250 Å². The van der Waals surface area contributed by atoms with Crippen LogP contribution in [0.15, 0.2) is 47.4 Å². The maximum absolute atomic E-state index is 14.2. The summed E-state index contributed by atoms with van der Waals surface area (Å²) in [4.78, 5) is 46.8. The predicted octanol–water partition coefficient (Wildman–Crippen LogP) is 5.37. The lowest BCUT2D eigenvalue weighted by atomic mass is 9.93. The molecule has 1 aromatic carbocycles. The topological polar surface area (TPSA) is 96.3 Å². The van der Waals surface area contributed by atoms with Crippen molar-refractivity contribution in [2.75, 3.05) is 25.0 Å². The fourth-order valence-corrected chi connectivity index (χ4v) is 5.98. The highest BCUT2D eigenvalue weighted by Gasteiger charge is 2.42. The molecule has 1 saturated heterocycles. The SMILES string of the molecule is Cc1ccc(-c2cc(NC(=O)c3cc(CNCC4CC4)cn(C4CC4)c3=O)nc(C3CC3)c2)c(C(=O)N2CC(C)(F)C2)c1. The molecule has 3 heterocycles. The first-order valence-electron chi connectivity index (χ1n) is 15.5. The summed E-state index contributed by atoms with van der Waals surface area (Å²) in [5, 5.41) is 6.38. The van der Waals surface area contributed by atoms with Crippen LogP contribution in [0.25, 0.3) is 11.1 Å². The monoisotopic (exact) mass is 583 g/mol. The molecule has 0 unspecified atom stereocenters. The van der Waals surface area contributed by atoms with E-state index in [1.807, 2.05) is 37.4 Å². The van der Waals surface area contributed by atoms with Crippen molar-refractivity contribution in [3.8, 4) is 11.1 Å². The zero-order valence-electron chi connectivity index (χ0n) is 24.8. The van der Waals surface area contributed by atoms with E-state index in [2.05, 4.69) is 10.6 Å². The summed E-state index contributed by atoms with van der Waals surface area (Å²) in [6.07, 6.45) is 8.29. The van der Waals surface area contributed by atoms with Crippen molar-refractivity contribution in [1.29, 1.82) is 0 Å². The molecule has 0 radical (unpaired) electrons. The summed E-state index contributed by atoms with van der Waals surface area (Å²) >= 11 is 0. The molecule has 7 rings (SSSR count). The van der Waals surface area contributed by atoms with Crippen LogP contribution in [0.4, 0.5) is 10.2 Å². The van der Waals surface area contributed by atoms with Gasteiger partial charge in [-0.05, 0) is 106 Å². The summed E-state index contributed by atoms with van der Waals surface area (Å²) in [6, 6.07) is 11.3. The standard InChI is InChI=1S/C34H38FN5O3/c1-20-3-10-26(27(11-20)32(42)39-18-34(2,35)19-39)24-13-29(23-6-7-23)37-30(14-24)38-31(41)28-12-22(16-36-15-21-4-5-21)17-40(33(28)43)25-8-9-25/h3,10-14,17,21,23,25,36H,4-9,15-16,18-19H2,1-2H3,(H,37,38,41). The number of carbonyl (C=O) groups is 2. The molecule has 2 amide bonds.